The molecule has 0 spiro atoms. The first-order chi connectivity index (χ1) is 15.3. The number of benzene rings is 3. The lowest BCUT2D eigenvalue weighted by Crippen LogP contribution is -2.29. The lowest BCUT2D eigenvalue weighted by Gasteiger charge is -2.15. The number of rotatable bonds is 9. The van der Waals surface area contributed by atoms with Crippen molar-refractivity contribution in [1.29, 1.82) is 0 Å². The molecule has 6 nitrogen and oxygen atoms in total. The van der Waals surface area contributed by atoms with Gasteiger partial charge in [0, 0.05) is 22.7 Å². The molecule has 3 aromatic rings. The first-order valence-corrected chi connectivity index (χ1v) is 12.1. The van der Waals surface area contributed by atoms with E-state index in [1.807, 2.05) is 25.1 Å². The maximum absolute atomic E-state index is 13.3. The molecule has 9 heteroatoms. The number of anilines is 1. The molecule has 0 saturated carbocycles. The molecule has 0 atom stereocenters. The topological polar surface area (TPSA) is 84.5 Å². The summed E-state index contributed by atoms with van der Waals surface area (Å²) in [7, 11) is -3.89. The van der Waals surface area contributed by atoms with Gasteiger partial charge in [0.1, 0.15) is 5.75 Å². The molecule has 0 radical (unpaired) electrons. The lowest BCUT2D eigenvalue weighted by molar-refractivity contribution is -0.119. The Morgan fingerprint density at radius 1 is 1.00 bits per heavy atom. The molecule has 0 unspecified atom stereocenters. The standard InChI is InChI=1S/C23H22Cl2N2O4S/c1-2-31-18-9-12-21(22(13-18)32(29,30)19-10-7-17(24)8-11-19)26-15-23(28)27-14-16-5-3-4-6-20(16)25/h3-13,26H,2,14-15H2,1H3,(H,27,28). The van der Waals surface area contributed by atoms with Gasteiger partial charge in [0.25, 0.3) is 0 Å². The Kier molecular flexibility index (Phi) is 8.01. The fraction of sp³-hybridized carbons (Fsp3) is 0.174. The average molecular weight is 493 g/mol. The van der Waals surface area contributed by atoms with Crippen LogP contribution in [0.15, 0.2) is 76.5 Å². The van der Waals surface area contributed by atoms with Crippen molar-refractivity contribution >= 4 is 44.6 Å². The summed E-state index contributed by atoms with van der Waals surface area (Å²) in [4.78, 5) is 12.4. The number of ether oxygens (including phenoxy) is 1. The van der Waals surface area contributed by atoms with E-state index < -0.39 is 9.84 Å². The van der Waals surface area contributed by atoms with Crippen molar-refractivity contribution in [3.05, 3.63) is 82.3 Å². The van der Waals surface area contributed by atoms with Crippen LogP contribution in [-0.4, -0.2) is 27.5 Å². The number of hydrogen-bond acceptors (Lipinski definition) is 5. The van der Waals surface area contributed by atoms with Gasteiger partial charge in [0.05, 0.1) is 28.6 Å². The normalized spacial score (nSPS) is 11.1. The second-order valence-corrected chi connectivity index (χ2v) is 9.53. The van der Waals surface area contributed by atoms with E-state index in [0.717, 1.165) is 5.56 Å². The summed E-state index contributed by atoms with van der Waals surface area (Å²) in [6.07, 6.45) is 0. The Morgan fingerprint density at radius 2 is 1.72 bits per heavy atom. The van der Waals surface area contributed by atoms with Crippen molar-refractivity contribution in [2.45, 2.75) is 23.3 Å². The highest BCUT2D eigenvalue weighted by Gasteiger charge is 2.23. The quantitative estimate of drug-likeness (QED) is 0.441. The van der Waals surface area contributed by atoms with Crippen LogP contribution < -0.4 is 15.4 Å². The molecule has 3 aromatic carbocycles. The van der Waals surface area contributed by atoms with Crippen LogP contribution in [0.1, 0.15) is 12.5 Å². The molecule has 1 amide bonds. The van der Waals surface area contributed by atoms with Gasteiger partial charge in [-0.05, 0) is 55.0 Å². The predicted octanol–water partition coefficient (Wildman–Crippen LogP) is 4.95. The summed E-state index contributed by atoms with van der Waals surface area (Å²) < 4.78 is 32.0. The monoisotopic (exact) mass is 492 g/mol. The second kappa shape index (κ2) is 10.7. The number of carbonyl (C=O) groups excluding carboxylic acids is 1. The number of hydrogen-bond donors (Lipinski definition) is 2. The average Bonchev–Trinajstić information content (AvgIpc) is 2.78. The number of amides is 1. The van der Waals surface area contributed by atoms with E-state index in [-0.39, 0.29) is 34.5 Å². The maximum Gasteiger partial charge on any atom is 0.239 e. The summed E-state index contributed by atoms with van der Waals surface area (Å²) in [5.74, 6) is 0.0994. The summed E-state index contributed by atoms with van der Waals surface area (Å²) in [6, 6.07) is 17.8. The Bertz CT molecular complexity index is 1200. The highest BCUT2D eigenvalue weighted by atomic mass is 35.5. The smallest absolute Gasteiger partial charge is 0.239 e. The molecule has 0 heterocycles. The molecular formula is C23H22Cl2N2O4S. The molecule has 0 aliphatic heterocycles. The van der Waals surface area contributed by atoms with Crippen molar-refractivity contribution < 1.29 is 17.9 Å². The molecule has 3 rings (SSSR count). The van der Waals surface area contributed by atoms with E-state index in [0.29, 0.717) is 22.4 Å². The molecular weight excluding hydrogens is 471 g/mol. The SMILES string of the molecule is CCOc1ccc(NCC(=O)NCc2ccccc2Cl)c(S(=O)(=O)c2ccc(Cl)cc2)c1. The number of halogens is 2. The van der Waals surface area contributed by atoms with Gasteiger partial charge in [0.2, 0.25) is 15.7 Å². The van der Waals surface area contributed by atoms with E-state index in [9.17, 15) is 13.2 Å². The van der Waals surface area contributed by atoms with E-state index in [1.165, 1.54) is 30.3 Å². The Morgan fingerprint density at radius 3 is 2.41 bits per heavy atom. The Balaban J connectivity index is 1.79. The fourth-order valence-electron chi connectivity index (χ4n) is 2.94. The van der Waals surface area contributed by atoms with Gasteiger partial charge < -0.3 is 15.4 Å². The van der Waals surface area contributed by atoms with Gasteiger partial charge in [-0.15, -0.1) is 0 Å². The van der Waals surface area contributed by atoms with E-state index >= 15 is 0 Å². The predicted molar refractivity (Wildman–Crippen MR) is 126 cm³/mol. The minimum atomic E-state index is -3.89. The zero-order valence-corrected chi connectivity index (χ0v) is 19.6. The van der Waals surface area contributed by atoms with Crippen molar-refractivity contribution in [3.8, 4) is 5.75 Å². The van der Waals surface area contributed by atoms with Crippen LogP contribution in [-0.2, 0) is 21.2 Å². The summed E-state index contributed by atoms with van der Waals surface area (Å²) in [5, 5.41) is 6.67. The zero-order chi connectivity index (χ0) is 23.1. The van der Waals surface area contributed by atoms with E-state index in [4.69, 9.17) is 27.9 Å². The van der Waals surface area contributed by atoms with Crippen LogP contribution in [0.5, 0.6) is 5.75 Å². The van der Waals surface area contributed by atoms with Crippen LogP contribution in [0.25, 0.3) is 0 Å². The van der Waals surface area contributed by atoms with Crippen LogP contribution in [0.4, 0.5) is 5.69 Å². The van der Waals surface area contributed by atoms with Crippen LogP contribution in [0.3, 0.4) is 0 Å². The highest BCUT2D eigenvalue weighted by molar-refractivity contribution is 7.91. The van der Waals surface area contributed by atoms with Gasteiger partial charge in [-0.3, -0.25) is 4.79 Å². The van der Waals surface area contributed by atoms with Crippen LogP contribution in [0.2, 0.25) is 10.0 Å². The third-order valence-corrected chi connectivity index (χ3v) is 6.98. The van der Waals surface area contributed by atoms with Crippen molar-refractivity contribution in [3.63, 3.8) is 0 Å². The van der Waals surface area contributed by atoms with Gasteiger partial charge in [-0.1, -0.05) is 41.4 Å². The zero-order valence-electron chi connectivity index (χ0n) is 17.3. The third-order valence-electron chi connectivity index (χ3n) is 4.55. The second-order valence-electron chi connectivity index (χ2n) is 6.77. The minimum absolute atomic E-state index is 0.00433. The minimum Gasteiger partial charge on any atom is -0.494 e. The highest BCUT2D eigenvalue weighted by Crippen LogP contribution is 2.31. The Hall–Kier alpha value is -2.74. The van der Waals surface area contributed by atoms with Gasteiger partial charge in [-0.2, -0.15) is 0 Å². The molecule has 168 valence electrons. The first-order valence-electron chi connectivity index (χ1n) is 9.82. The lowest BCUT2D eigenvalue weighted by atomic mass is 10.2. The molecule has 0 aliphatic rings. The summed E-state index contributed by atoms with van der Waals surface area (Å²) in [5.41, 5.74) is 1.07. The summed E-state index contributed by atoms with van der Waals surface area (Å²) in [6.45, 7) is 2.33. The van der Waals surface area contributed by atoms with Crippen molar-refractivity contribution in [2.75, 3.05) is 18.5 Å². The molecule has 0 saturated heterocycles. The number of sulfone groups is 1. The van der Waals surface area contributed by atoms with Crippen LogP contribution >= 0.6 is 23.2 Å². The van der Waals surface area contributed by atoms with Gasteiger partial charge in [0.15, 0.2) is 0 Å². The number of carbonyl (C=O) groups is 1. The molecule has 0 aromatic heterocycles. The van der Waals surface area contributed by atoms with Gasteiger partial charge >= 0.3 is 0 Å². The molecule has 0 aliphatic carbocycles. The maximum atomic E-state index is 13.3. The largest absolute Gasteiger partial charge is 0.494 e. The van der Waals surface area contributed by atoms with E-state index in [2.05, 4.69) is 10.6 Å². The molecule has 0 fully saturated rings. The third kappa shape index (κ3) is 5.94. The molecule has 0 bridgehead atoms. The first kappa shape index (κ1) is 23.9. The van der Waals surface area contributed by atoms with Gasteiger partial charge in [-0.25, -0.2) is 8.42 Å². The van der Waals surface area contributed by atoms with E-state index in [1.54, 1.807) is 18.2 Å². The van der Waals surface area contributed by atoms with Crippen molar-refractivity contribution in [2.24, 2.45) is 0 Å². The Labute approximate surface area is 197 Å². The van der Waals surface area contributed by atoms with Crippen LogP contribution in [0, 0.1) is 0 Å². The van der Waals surface area contributed by atoms with Crippen molar-refractivity contribution in [1.82, 2.24) is 5.32 Å². The fourth-order valence-corrected chi connectivity index (χ4v) is 4.72. The summed E-state index contributed by atoms with van der Waals surface area (Å²) >= 11 is 12.0. The molecule has 2 N–H and O–H groups in total. The molecule has 32 heavy (non-hydrogen) atoms. The number of nitrogens with one attached hydrogen (secondary N) is 2.